The normalized spacial score (nSPS) is 16.9. The third-order valence-corrected chi connectivity index (χ3v) is 3.86. The SMILES string of the molecule is CC(C)C(CCN)C(O)c1ccc(O)c2c1OCC(=O)N2. The molecule has 6 heteroatoms. The molecule has 0 aliphatic carbocycles. The number of nitrogens with two attached hydrogens (primary N) is 1. The molecular weight excluding hydrogens is 272 g/mol. The molecule has 116 valence electrons. The van der Waals surface area contributed by atoms with Gasteiger partial charge in [-0.05, 0) is 36.9 Å². The predicted molar refractivity (Wildman–Crippen MR) is 79.2 cm³/mol. The summed E-state index contributed by atoms with van der Waals surface area (Å²) >= 11 is 0. The number of carbonyl (C=O) groups is 1. The number of amides is 1. The van der Waals surface area contributed by atoms with Gasteiger partial charge in [0.25, 0.3) is 5.91 Å². The van der Waals surface area contributed by atoms with Gasteiger partial charge in [0.1, 0.15) is 11.4 Å². The molecule has 1 amide bonds. The Labute approximate surface area is 123 Å². The van der Waals surface area contributed by atoms with E-state index in [-0.39, 0.29) is 35.8 Å². The Kier molecular flexibility index (Phi) is 4.69. The van der Waals surface area contributed by atoms with E-state index in [9.17, 15) is 15.0 Å². The summed E-state index contributed by atoms with van der Waals surface area (Å²) in [4.78, 5) is 11.4. The van der Waals surface area contributed by atoms with Crippen LogP contribution < -0.4 is 15.8 Å². The zero-order valence-corrected chi connectivity index (χ0v) is 12.3. The summed E-state index contributed by atoms with van der Waals surface area (Å²) in [5.41, 5.74) is 6.41. The van der Waals surface area contributed by atoms with Gasteiger partial charge in [-0.3, -0.25) is 4.79 Å². The first-order valence-electron chi connectivity index (χ1n) is 7.12. The minimum absolute atomic E-state index is 0.0233. The summed E-state index contributed by atoms with van der Waals surface area (Å²) in [5.74, 6) is 0.154. The van der Waals surface area contributed by atoms with Crippen molar-refractivity contribution < 1.29 is 19.7 Å². The summed E-state index contributed by atoms with van der Waals surface area (Å²) in [6.07, 6.45) is -0.0844. The summed E-state index contributed by atoms with van der Waals surface area (Å²) < 4.78 is 5.41. The van der Waals surface area contributed by atoms with Crippen molar-refractivity contribution in [1.82, 2.24) is 0 Å². The molecule has 1 aromatic rings. The highest BCUT2D eigenvalue weighted by atomic mass is 16.5. The van der Waals surface area contributed by atoms with Crippen LogP contribution in [0.5, 0.6) is 11.5 Å². The zero-order chi connectivity index (χ0) is 15.6. The number of phenolic OH excluding ortho intramolecular Hbond substituents is 1. The molecular formula is C15H22N2O4. The van der Waals surface area contributed by atoms with Gasteiger partial charge in [-0.1, -0.05) is 13.8 Å². The van der Waals surface area contributed by atoms with Crippen molar-refractivity contribution in [1.29, 1.82) is 0 Å². The second-order valence-electron chi connectivity index (χ2n) is 5.64. The van der Waals surface area contributed by atoms with Gasteiger partial charge in [0.2, 0.25) is 0 Å². The Morgan fingerprint density at radius 3 is 2.76 bits per heavy atom. The van der Waals surface area contributed by atoms with Gasteiger partial charge in [0, 0.05) is 5.56 Å². The maximum absolute atomic E-state index is 11.4. The summed E-state index contributed by atoms with van der Waals surface area (Å²) in [6, 6.07) is 3.08. The van der Waals surface area contributed by atoms with Crippen LogP contribution in [-0.2, 0) is 4.79 Å². The summed E-state index contributed by atoms with van der Waals surface area (Å²) in [6.45, 7) is 4.41. The summed E-state index contributed by atoms with van der Waals surface area (Å²) in [5, 5.41) is 23.1. The highest BCUT2D eigenvalue weighted by Crippen LogP contribution is 2.44. The van der Waals surface area contributed by atoms with Crippen LogP contribution in [0.4, 0.5) is 5.69 Å². The van der Waals surface area contributed by atoms with Crippen molar-refractivity contribution in [2.75, 3.05) is 18.5 Å². The number of phenols is 1. The highest BCUT2D eigenvalue weighted by molar-refractivity contribution is 5.97. The van der Waals surface area contributed by atoms with Gasteiger partial charge >= 0.3 is 0 Å². The first kappa shape index (κ1) is 15.6. The highest BCUT2D eigenvalue weighted by Gasteiger charge is 2.30. The second kappa shape index (κ2) is 6.32. The van der Waals surface area contributed by atoms with E-state index in [1.54, 1.807) is 6.07 Å². The first-order chi connectivity index (χ1) is 9.95. The minimum Gasteiger partial charge on any atom is -0.506 e. The number of hydrogen-bond acceptors (Lipinski definition) is 5. The van der Waals surface area contributed by atoms with Crippen LogP contribution >= 0.6 is 0 Å². The quantitative estimate of drug-likeness (QED) is 0.614. The number of aliphatic hydroxyl groups is 1. The monoisotopic (exact) mass is 294 g/mol. The molecule has 2 rings (SSSR count). The Bertz CT molecular complexity index is 531. The number of hydrogen-bond donors (Lipinski definition) is 4. The fourth-order valence-corrected chi connectivity index (χ4v) is 2.69. The summed E-state index contributed by atoms with van der Waals surface area (Å²) in [7, 11) is 0. The van der Waals surface area contributed by atoms with Gasteiger partial charge in [0.15, 0.2) is 12.4 Å². The number of anilines is 1. The number of aromatic hydroxyl groups is 1. The lowest BCUT2D eigenvalue weighted by Crippen LogP contribution is -2.28. The minimum atomic E-state index is -0.766. The van der Waals surface area contributed by atoms with Gasteiger partial charge in [-0.25, -0.2) is 0 Å². The molecule has 0 spiro atoms. The van der Waals surface area contributed by atoms with E-state index in [0.29, 0.717) is 24.3 Å². The van der Waals surface area contributed by atoms with E-state index in [4.69, 9.17) is 10.5 Å². The fraction of sp³-hybridized carbons (Fsp3) is 0.533. The maximum Gasteiger partial charge on any atom is 0.262 e. The number of fused-ring (bicyclic) bond motifs is 1. The molecule has 0 fully saturated rings. The third-order valence-electron chi connectivity index (χ3n) is 3.86. The van der Waals surface area contributed by atoms with Gasteiger partial charge < -0.3 is 26.0 Å². The Morgan fingerprint density at radius 1 is 1.43 bits per heavy atom. The molecule has 2 atom stereocenters. The first-order valence-corrected chi connectivity index (χ1v) is 7.12. The zero-order valence-electron chi connectivity index (χ0n) is 12.3. The maximum atomic E-state index is 11.4. The van der Waals surface area contributed by atoms with Crippen molar-refractivity contribution >= 4 is 11.6 Å². The van der Waals surface area contributed by atoms with Gasteiger partial charge in [-0.15, -0.1) is 0 Å². The molecule has 2 unspecified atom stereocenters. The van der Waals surface area contributed by atoms with E-state index in [1.807, 2.05) is 13.8 Å². The van der Waals surface area contributed by atoms with E-state index >= 15 is 0 Å². The Balaban J connectivity index is 2.40. The molecule has 1 heterocycles. The predicted octanol–water partition coefficient (Wildman–Crippen LogP) is 1.38. The number of nitrogens with one attached hydrogen (secondary N) is 1. The largest absolute Gasteiger partial charge is 0.506 e. The molecule has 21 heavy (non-hydrogen) atoms. The van der Waals surface area contributed by atoms with Gasteiger partial charge in [-0.2, -0.15) is 0 Å². The topological polar surface area (TPSA) is 105 Å². The molecule has 0 aromatic heterocycles. The average molecular weight is 294 g/mol. The third kappa shape index (κ3) is 3.11. The number of aliphatic hydroxyl groups excluding tert-OH is 1. The Morgan fingerprint density at radius 2 is 2.14 bits per heavy atom. The van der Waals surface area contributed by atoms with Crippen LogP contribution in [0.3, 0.4) is 0 Å². The van der Waals surface area contributed by atoms with Crippen LogP contribution in [0.15, 0.2) is 12.1 Å². The molecule has 0 saturated heterocycles. The van der Waals surface area contributed by atoms with Crippen LogP contribution in [0.25, 0.3) is 0 Å². The fourth-order valence-electron chi connectivity index (χ4n) is 2.69. The van der Waals surface area contributed by atoms with E-state index in [2.05, 4.69) is 5.32 Å². The van der Waals surface area contributed by atoms with Gasteiger partial charge in [0.05, 0.1) is 6.10 Å². The van der Waals surface area contributed by atoms with Crippen molar-refractivity contribution in [3.8, 4) is 11.5 Å². The lowest BCUT2D eigenvalue weighted by Gasteiger charge is -2.29. The van der Waals surface area contributed by atoms with E-state index in [0.717, 1.165) is 0 Å². The van der Waals surface area contributed by atoms with Crippen LogP contribution in [0.2, 0.25) is 0 Å². The molecule has 1 aliphatic rings. The van der Waals surface area contributed by atoms with Crippen molar-refractivity contribution in [2.24, 2.45) is 17.6 Å². The number of carbonyl (C=O) groups excluding carboxylic acids is 1. The molecule has 6 nitrogen and oxygen atoms in total. The van der Waals surface area contributed by atoms with E-state index in [1.165, 1.54) is 6.07 Å². The number of rotatable bonds is 5. The lowest BCUT2D eigenvalue weighted by atomic mass is 9.83. The van der Waals surface area contributed by atoms with Crippen LogP contribution in [0, 0.1) is 11.8 Å². The second-order valence-corrected chi connectivity index (χ2v) is 5.64. The lowest BCUT2D eigenvalue weighted by molar-refractivity contribution is -0.118. The van der Waals surface area contributed by atoms with Crippen LogP contribution in [0.1, 0.15) is 31.9 Å². The smallest absolute Gasteiger partial charge is 0.262 e. The van der Waals surface area contributed by atoms with Crippen LogP contribution in [-0.4, -0.2) is 29.3 Å². The Hall–Kier alpha value is -1.79. The number of benzene rings is 1. The standard InChI is InChI=1S/C15H22N2O4/c1-8(2)9(5-6-16)14(20)10-3-4-11(18)13-15(10)21-7-12(19)17-13/h3-4,8-9,14,18,20H,5-7,16H2,1-2H3,(H,17,19). The molecule has 0 bridgehead atoms. The molecule has 1 aliphatic heterocycles. The number of ether oxygens (including phenoxy) is 1. The molecule has 0 saturated carbocycles. The van der Waals surface area contributed by atoms with Crippen molar-refractivity contribution in [3.63, 3.8) is 0 Å². The van der Waals surface area contributed by atoms with E-state index < -0.39 is 6.10 Å². The van der Waals surface area contributed by atoms with Crippen molar-refractivity contribution in [3.05, 3.63) is 17.7 Å². The average Bonchev–Trinajstić information content (AvgIpc) is 2.44. The molecule has 1 aromatic carbocycles. The van der Waals surface area contributed by atoms with Crippen molar-refractivity contribution in [2.45, 2.75) is 26.4 Å². The molecule has 0 radical (unpaired) electrons. The molecule has 5 N–H and O–H groups in total.